The normalized spacial score (nSPS) is 12.3. The first-order valence-electron chi connectivity index (χ1n) is 5.50. The van der Waals surface area contributed by atoms with Crippen LogP contribution in [0.15, 0.2) is 6.07 Å². The van der Waals surface area contributed by atoms with Gasteiger partial charge in [-0.2, -0.15) is 0 Å². The second kappa shape index (κ2) is 6.89. The van der Waals surface area contributed by atoms with Gasteiger partial charge in [0, 0.05) is 13.6 Å². The first-order chi connectivity index (χ1) is 8.04. The Balaban J connectivity index is 2.58. The van der Waals surface area contributed by atoms with Crippen LogP contribution in [0.5, 0.6) is 0 Å². The highest BCUT2D eigenvalue weighted by Gasteiger charge is 2.07. The summed E-state index contributed by atoms with van der Waals surface area (Å²) in [5, 5.41) is 16.1. The number of hydrogen-bond acceptors (Lipinski definition) is 4. The summed E-state index contributed by atoms with van der Waals surface area (Å²) in [5.74, 6) is 1.19. The van der Waals surface area contributed by atoms with Crippen LogP contribution >= 0.6 is 23.2 Å². The molecule has 0 aliphatic heterocycles. The molecular weight excluding hydrogens is 261 g/mol. The van der Waals surface area contributed by atoms with Gasteiger partial charge in [-0.25, -0.2) is 4.98 Å². The molecule has 17 heavy (non-hydrogen) atoms. The molecule has 4 nitrogen and oxygen atoms in total. The van der Waals surface area contributed by atoms with Crippen LogP contribution < -0.4 is 10.6 Å². The third kappa shape index (κ3) is 4.58. The molecule has 0 amide bonds. The summed E-state index contributed by atoms with van der Waals surface area (Å²) in [6.45, 7) is 2.48. The lowest BCUT2D eigenvalue weighted by atomic mass is 10.2. The van der Waals surface area contributed by atoms with E-state index in [2.05, 4.69) is 15.6 Å². The number of nitrogens with zero attached hydrogens (tertiary/aromatic N) is 1. The maximum atomic E-state index is 9.13. The quantitative estimate of drug-likeness (QED) is 0.700. The van der Waals surface area contributed by atoms with E-state index in [1.54, 1.807) is 20.0 Å². The van der Waals surface area contributed by atoms with Crippen LogP contribution in [0.2, 0.25) is 10.0 Å². The molecule has 1 aromatic rings. The Labute approximate surface area is 111 Å². The average molecular weight is 278 g/mol. The zero-order valence-corrected chi connectivity index (χ0v) is 11.4. The Morgan fingerprint density at radius 2 is 2.00 bits per heavy atom. The first kappa shape index (κ1) is 14.4. The van der Waals surface area contributed by atoms with Gasteiger partial charge in [-0.3, -0.25) is 0 Å². The lowest BCUT2D eigenvalue weighted by Crippen LogP contribution is -2.08. The summed E-state index contributed by atoms with van der Waals surface area (Å²) in [4.78, 5) is 4.26. The highest BCUT2D eigenvalue weighted by atomic mass is 35.5. The fraction of sp³-hybridized carbons (Fsp3) is 0.545. The lowest BCUT2D eigenvalue weighted by molar-refractivity contribution is 0.183. The second-order valence-electron chi connectivity index (χ2n) is 3.82. The molecule has 0 saturated heterocycles. The highest BCUT2D eigenvalue weighted by Crippen LogP contribution is 2.28. The molecule has 0 spiro atoms. The molecule has 0 fully saturated rings. The van der Waals surface area contributed by atoms with Crippen molar-refractivity contribution in [2.45, 2.75) is 25.9 Å². The average Bonchev–Trinajstić information content (AvgIpc) is 2.26. The van der Waals surface area contributed by atoms with Crippen molar-refractivity contribution in [3.63, 3.8) is 0 Å². The smallest absolute Gasteiger partial charge is 0.147 e. The molecule has 1 unspecified atom stereocenters. The topological polar surface area (TPSA) is 57.2 Å². The van der Waals surface area contributed by atoms with Gasteiger partial charge in [0.1, 0.15) is 11.6 Å². The van der Waals surface area contributed by atoms with Gasteiger partial charge >= 0.3 is 0 Å². The van der Waals surface area contributed by atoms with Crippen molar-refractivity contribution in [1.29, 1.82) is 0 Å². The molecule has 1 rings (SSSR count). The monoisotopic (exact) mass is 277 g/mol. The number of aromatic nitrogens is 1. The Bertz CT molecular complexity index is 372. The molecule has 0 radical (unpaired) electrons. The molecule has 96 valence electrons. The molecular formula is C11H17Cl2N3O. The molecule has 3 N–H and O–H groups in total. The minimum atomic E-state index is -0.279. The largest absolute Gasteiger partial charge is 0.393 e. The molecule has 0 saturated carbocycles. The molecule has 1 aromatic heterocycles. The summed E-state index contributed by atoms with van der Waals surface area (Å²) < 4.78 is 0. The molecule has 0 aliphatic rings. The number of anilines is 2. The summed E-state index contributed by atoms with van der Waals surface area (Å²) in [6.07, 6.45) is 1.32. The van der Waals surface area contributed by atoms with Gasteiger partial charge in [0.05, 0.1) is 16.1 Å². The van der Waals surface area contributed by atoms with Crippen LogP contribution in [0, 0.1) is 0 Å². The molecule has 0 aliphatic carbocycles. The number of aliphatic hydroxyl groups excluding tert-OH is 1. The molecule has 6 heteroatoms. The number of aliphatic hydroxyl groups is 1. The van der Waals surface area contributed by atoms with E-state index >= 15 is 0 Å². The zero-order valence-electron chi connectivity index (χ0n) is 9.93. The van der Waals surface area contributed by atoms with Crippen molar-refractivity contribution in [2.75, 3.05) is 24.2 Å². The molecule has 1 heterocycles. The minimum Gasteiger partial charge on any atom is -0.393 e. The van der Waals surface area contributed by atoms with Crippen LogP contribution in [-0.4, -0.2) is 29.8 Å². The highest BCUT2D eigenvalue weighted by molar-refractivity contribution is 6.37. The van der Waals surface area contributed by atoms with Gasteiger partial charge in [0.2, 0.25) is 0 Å². The lowest BCUT2D eigenvalue weighted by Gasteiger charge is -2.11. The molecule has 0 aromatic carbocycles. The van der Waals surface area contributed by atoms with Crippen molar-refractivity contribution >= 4 is 34.8 Å². The van der Waals surface area contributed by atoms with Gasteiger partial charge < -0.3 is 15.7 Å². The van der Waals surface area contributed by atoms with Crippen molar-refractivity contribution in [2.24, 2.45) is 0 Å². The number of pyridine rings is 1. The third-order valence-electron chi connectivity index (χ3n) is 2.26. The number of nitrogens with one attached hydrogen (secondary N) is 2. The van der Waals surface area contributed by atoms with Gasteiger partial charge in [-0.05, 0) is 25.8 Å². The predicted molar refractivity (Wildman–Crippen MR) is 73.2 cm³/mol. The van der Waals surface area contributed by atoms with Gasteiger partial charge in [-0.1, -0.05) is 23.2 Å². The Morgan fingerprint density at radius 3 is 2.59 bits per heavy atom. The van der Waals surface area contributed by atoms with E-state index in [4.69, 9.17) is 28.3 Å². The second-order valence-corrected chi connectivity index (χ2v) is 4.63. The third-order valence-corrected chi connectivity index (χ3v) is 2.83. The van der Waals surface area contributed by atoms with E-state index in [-0.39, 0.29) is 6.10 Å². The molecule has 0 bridgehead atoms. The van der Waals surface area contributed by atoms with Gasteiger partial charge in [0.15, 0.2) is 0 Å². The fourth-order valence-corrected chi connectivity index (χ4v) is 1.89. The maximum absolute atomic E-state index is 9.13. The van der Waals surface area contributed by atoms with E-state index in [0.717, 1.165) is 12.8 Å². The van der Waals surface area contributed by atoms with Crippen molar-refractivity contribution in [3.8, 4) is 0 Å². The number of hydrogen-bond donors (Lipinski definition) is 3. The van der Waals surface area contributed by atoms with Crippen LogP contribution in [0.3, 0.4) is 0 Å². The first-order valence-corrected chi connectivity index (χ1v) is 6.26. The summed E-state index contributed by atoms with van der Waals surface area (Å²) in [5.41, 5.74) is 0. The summed E-state index contributed by atoms with van der Waals surface area (Å²) in [6, 6.07) is 1.65. The van der Waals surface area contributed by atoms with Crippen LogP contribution in [0.4, 0.5) is 11.6 Å². The van der Waals surface area contributed by atoms with E-state index < -0.39 is 0 Å². The SMILES string of the molecule is CNc1nc(NCCCC(C)O)c(Cl)cc1Cl. The summed E-state index contributed by atoms with van der Waals surface area (Å²) in [7, 11) is 1.75. The van der Waals surface area contributed by atoms with E-state index in [1.807, 2.05) is 0 Å². The number of rotatable bonds is 6. The zero-order chi connectivity index (χ0) is 12.8. The van der Waals surface area contributed by atoms with Gasteiger partial charge in [0.25, 0.3) is 0 Å². The van der Waals surface area contributed by atoms with Crippen molar-refractivity contribution in [1.82, 2.24) is 4.98 Å². The molecule has 1 atom stereocenters. The van der Waals surface area contributed by atoms with E-state index in [9.17, 15) is 0 Å². The van der Waals surface area contributed by atoms with Crippen LogP contribution in [0.25, 0.3) is 0 Å². The predicted octanol–water partition coefficient (Wildman–Crippen LogP) is 3.00. The number of halogens is 2. The fourth-order valence-electron chi connectivity index (χ4n) is 1.37. The standard InChI is InChI=1S/C11H17Cl2N3O/c1-7(17)4-3-5-15-11-9(13)6-8(12)10(14-2)16-11/h6-7,17H,3-5H2,1-2H3,(H2,14,15,16). The Kier molecular flexibility index (Phi) is 5.82. The van der Waals surface area contributed by atoms with Crippen molar-refractivity contribution < 1.29 is 5.11 Å². The van der Waals surface area contributed by atoms with E-state index in [1.165, 1.54) is 0 Å². The van der Waals surface area contributed by atoms with Crippen LogP contribution in [-0.2, 0) is 0 Å². The Morgan fingerprint density at radius 1 is 1.35 bits per heavy atom. The van der Waals surface area contributed by atoms with E-state index in [0.29, 0.717) is 28.2 Å². The van der Waals surface area contributed by atoms with Crippen LogP contribution in [0.1, 0.15) is 19.8 Å². The summed E-state index contributed by atoms with van der Waals surface area (Å²) >= 11 is 11.9. The van der Waals surface area contributed by atoms with Gasteiger partial charge in [-0.15, -0.1) is 0 Å². The maximum Gasteiger partial charge on any atom is 0.147 e. The Hall–Kier alpha value is -0.710. The van der Waals surface area contributed by atoms with Crippen molar-refractivity contribution in [3.05, 3.63) is 16.1 Å². The minimum absolute atomic E-state index is 0.279.